The van der Waals surface area contributed by atoms with Gasteiger partial charge in [0, 0.05) is 23.1 Å². The van der Waals surface area contributed by atoms with E-state index in [1.165, 1.54) is 0 Å². The lowest BCUT2D eigenvalue weighted by Gasteiger charge is -2.09. The van der Waals surface area contributed by atoms with E-state index in [1.54, 1.807) is 30.5 Å². The number of aromatic amines is 1. The van der Waals surface area contributed by atoms with Crippen molar-refractivity contribution in [1.82, 2.24) is 4.98 Å². The molecule has 1 aromatic heterocycles. The number of amides is 1. The lowest BCUT2D eigenvalue weighted by Crippen LogP contribution is -2.03. The number of carbonyl (C=O) groups excluding carboxylic acids is 1. The van der Waals surface area contributed by atoms with Crippen LogP contribution < -0.4 is 5.32 Å². The van der Waals surface area contributed by atoms with Crippen LogP contribution in [0.1, 0.15) is 21.6 Å². The van der Waals surface area contributed by atoms with Gasteiger partial charge in [-0.25, -0.2) is 4.79 Å². The highest BCUT2D eigenvalue weighted by Gasteiger charge is 2.27. The molecule has 0 aliphatic carbocycles. The number of nitrogens with one attached hydrogen (secondary N) is 2. The number of aromatic nitrogens is 1. The fraction of sp³-hybridized carbons (Fsp3) is 0. The summed E-state index contributed by atoms with van der Waals surface area (Å²) >= 11 is 0. The fourth-order valence-electron chi connectivity index (χ4n) is 3.01. The standard InChI is InChI=1S/C20H14N2O3/c23-19-16(11-14-3-2-10-21-14)18-15(4-1-5-17(18)22-19)12-6-8-13(9-7-12)20(24)25/h1-11,21H,(H,22,23)(H,24,25)/b16-11-. The number of anilines is 1. The summed E-state index contributed by atoms with van der Waals surface area (Å²) in [6.45, 7) is 0. The molecule has 0 spiro atoms. The molecule has 4 rings (SSSR count). The largest absolute Gasteiger partial charge is 0.478 e. The predicted octanol–water partition coefficient (Wildman–Crippen LogP) is 3.87. The summed E-state index contributed by atoms with van der Waals surface area (Å²) < 4.78 is 0. The minimum absolute atomic E-state index is 0.154. The van der Waals surface area contributed by atoms with Gasteiger partial charge in [0.25, 0.3) is 5.91 Å². The number of rotatable bonds is 3. The second-order valence-electron chi connectivity index (χ2n) is 5.75. The average Bonchev–Trinajstić information content (AvgIpc) is 3.23. The smallest absolute Gasteiger partial charge is 0.335 e. The normalized spacial score (nSPS) is 14.4. The first-order valence-electron chi connectivity index (χ1n) is 7.77. The van der Waals surface area contributed by atoms with Gasteiger partial charge in [0.15, 0.2) is 0 Å². The van der Waals surface area contributed by atoms with Crippen LogP contribution in [0.4, 0.5) is 5.69 Å². The quantitative estimate of drug-likeness (QED) is 0.638. The van der Waals surface area contributed by atoms with Gasteiger partial charge in [0.05, 0.1) is 11.1 Å². The lowest BCUT2D eigenvalue weighted by atomic mass is 9.94. The van der Waals surface area contributed by atoms with Crippen molar-refractivity contribution in [2.24, 2.45) is 0 Å². The molecule has 2 aromatic carbocycles. The van der Waals surface area contributed by atoms with E-state index in [-0.39, 0.29) is 11.5 Å². The average molecular weight is 330 g/mol. The molecule has 0 saturated heterocycles. The van der Waals surface area contributed by atoms with Gasteiger partial charge in [-0.1, -0.05) is 24.3 Å². The summed E-state index contributed by atoms with van der Waals surface area (Å²) in [6.07, 6.45) is 3.62. The predicted molar refractivity (Wildman–Crippen MR) is 96.1 cm³/mol. The number of aromatic carboxylic acids is 1. The second kappa shape index (κ2) is 5.79. The van der Waals surface area contributed by atoms with Crippen LogP contribution in [0.25, 0.3) is 22.8 Å². The van der Waals surface area contributed by atoms with Gasteiger partial charge < -0.3 is 15.4 Å². The van der Waals surface area contributed by atoms with E-state index in [1.807, 2.05) is 36.4 Å². The molecule has 0 radical (unpaired) electrons. The van der Waals surface area contributed by atoms with Gasteiger partial charge in [-0.05, 0) is 47.5 Å². The van der Waals surface area contributed by atoms with Crippen molar-refractivity contribution in [3.8, 4) is 11.1 Å². The van der Waals surface area contributed by atoms with Crippen molar-refractivity contribution in [3.63, 3.8) is 0 Å². The highest BCUT2D eigenvalue weighted by atomic mass is 16.4. The van der Waals surface area contributed by atoms with E-state index in [9.17, 15) is 9.59 Å². The molecule has 2 heterocycles. The van der Waals surface area contributed by atoms with Crippen molar-refractivity contribution in [2.75, 3.05) is 5.32 Å². The number of hydrogen-bond acceptors (Lipinski definition) is 2. The molecule has 1 amide bonds. The summed E-state index contributed by atoms with van der Waals surface area (Å²) in [5.74, 6) is -1.12. The molecule has 5 heteroatoms. The van der Waals surface area contributed by atoms with Crippen LogP contribution in [0.5, 0.6) is 0 Å². The van der Waals surface area contributed by atoms with Crippen LogP contribution in [-0.2, 0) is 4.79 Å². The molecule has 0 fully saturated rings. The molecule has 3 N–H and O–H groups in total. The zero-order valence-electron chi connectivity index (χ0n) is 13.1. The van der Waals surface area contributed by atoms with Crippen LogP contribution >= 0.6 is 0 Å². The Labute approximate surface area is 143 Å². The summed E-state index contributed by atoms with van der Waals surface area (Å²) in [6, 6.07) is 16.1. The molecule has 0 bridgehead atoms. The third kappa shape index (κ3) is 2.61. The number of carboxylic acids is 1. The fourth-order valence-corrected chi connectivity index (χ4v) is 3.01. The molecule has 0 unspecified atom stereocenters. The summed E-state index contributed by atoms with van der Waals surface area (Å²) in [5.41, 5.74) is 4.96. The monoisotopic (exact) mass is 330 g/mol. The van der Waals surface area contributed by atoms with E-state index in [4.69, 9.17) is 5.11 Å². The van der Waals surface area contributed by atoms with E-state index in [0.29, 0.717) is 5.57 Å². The number of carboxylic acid groups (broad SMARTS) is 1. The zero-order valence-corrected chi connectivity index (χ0v) is 13.1. The summed E-state index contributed by atoms with van der Waals surface area (Å²) in [4.78, 5) is 26.5. The molecule has 5 nitrogen and oxygen atoms in total. The Morgan fingerprint density at radius 3 is 2.48 bits per heavy atom. The van der Waals surface area contributed by atoms with E-state index in [2.05, 4.69) is 10.3 Å². The Morgan fingerprint density at radius 2 is 1.80 bits per heavy atom. The molecule has 0 saturated carbocycles. The third-order valence-electron chi connectivity index (χ3n) is 4.19. The van der Waals surface area contributed by atoms with Crippen LogP contribution in [0.2, 0.25) is 0 Å². The Hall–Kier alpha value is -3.60. The van der Waals surface area contributed by atoms with Gasteiger partial charge in [-0.3, -0.25) is 4.79 Å². The van der Waals surface area contributed by atoms with Crippen molar-refractivity contribution in [2.45, 2.75) is 0 Å². The Bertz CT molecular complexity index is 1000. The van der Waals surface area contributed by atoms with Gasteiger partial charge in [-0.15, -0.1) is 0 Å². The number of H-pyrrole nitrogens is 1. The highest BCUT2D eigenvalue weighted by Crippen LogP contribution is 2.40. The van der Waals surface area contributed by atoms with Gasteiger partial charge in [0.2, 0.25) is 0 Å². The first kappa shape index (κ1) is 15.0. The maximum Gasteiger partial charge on any atom is 0.335 e. The molecule has 25 heavy (non-hydrogen) atoms. The molecule has 3 aromatic rings. The van der Waals surface area contributed by atoms with Crippen LogP contribution in [0.15, 0.2) is 60.8 Å². The van der Waals surface area contributed by atoms with Crippen LogP contribution in [0, 0.1) is 0 Å². The van der Waals surface area contributed by atoms with Crippen molar-refractivity contribution < 1.29 is 14.7 Å². The first-order valence-corrected chi connectivity index (χ1v) is 7.77. The topological polar surface area (TPSA) is 82.2 Å². The van der Waals surface area contributed by atoms with Crippen molar-refractivity contribution in [3.05, 3.63) is 77.6 Å². The maximum absolute atomic E-state index is 12.4. The van der Waals surface area contributed by atoms with Crippen molar-refractivity contribution in [1.29, 1.82) is 0 Å². The number of hydrogen-bond donors (Lipinski definition) is 3. The number of carbonyl (C=O) groups is 2. The summed E-state index contributed by atoms with van der Waals surface area (Å²) in [5, 5.41) is 11.9. The van der Waals surface area contributed by atoms with E-state index < -0.39 is 5.97 Å². The Kier molecular flexibility index (Phi) is 3.47. The van der Waals surface area contributed by atoms with Gasteiger partial charge >= 0.3 is 5.97 Å². The SMILES string of the molecule is O=C1Nc2cccc(-c3ccc(C(=O)O)cc3)c2/C1=C/c1ccc[nH]1. The minimum Gasteiger partial charge on any atom is -0.478 e. The highest BCUT2D eigenvalue weighted by molar-refractivity contribution is 6.36. The molecule has 122 valence electrons. The molecular weight excluding hydrogens is 316 g/mol. The number of fused-ring (bicyclic) bond motifs is 1. The molecular formula is C20H14N2O3. The summed E-state index contributed by atoms with van der Waals surface area (Å²) in [7, 11) is 0. The lowest BCUT2D eigenvalue weighted by molar-refractivity contribution is -0.110. The van der Waals surface area contributed by atoms with Crippen LogP contribution in [0.3, 0.4) is 0 Å². The van der Waals surface area contributed by atoms with E-state index >= 15 is 0 Å². The van der Waals surface area contributed by atoms with Crippen LogP contribution in [-0.4, -0.2) is 22.0 Å². The second-order valence-corrected chi connectivity index (χ2v) is 5.75. The first-order chi connectivity index (χ1) is 12.1. The Balaban J connectivity index is 1.86. The minimum atomic E-state index is -0.964. The van der Waals surface area contributed by atoms with Gasteiger partial charge in [0.1, 0.15) is 0 Å². The van der Waals surface area contributed by atoms with Crippen molar-refractivity contribution >= 4 is 29.2 Å². The van der Waals surface area contributed by atoms with Gasteiger partial charge in [-0.2, -0.15) is 0 Å². The molecule has 1 aliphatic heterocycles. The molecule has 1 aliphatic rings. The zero-order chi connectivity index (χ0) is 17.4. The Morgan fingerprint density at radius 1 is 1.00 bits per heavy atom. The maximum atomic E-state index is 12.4. The molecule has 0 atom stereocenters. The third-order valence-corrected chi connectivity index (χ3v) is 4.19. The van der Waals surface area contributed by atoms with E-state index in [0.717, 1.165) is 28.1 Å². The number of benzene rings is 2.